The number of hydrogen-bond donors (Lipinski definition) is 4. The summed E-state index contributed by atoms with van der Waals surface area (Å²) in [5.74, 6) is 4.63. The second-order valence-corrected chi connectivity index (χ2v) is 4.68. The molecule has 19 heavy (non-hydrogen) atoms. The van der Waals surface area contributed by atoms with E-state index in [1.807, 2.05) is 13.8 Å². The van der Waals surface area contributed by atoms with Crippen LogP contribution >= 0.6 is 11.6 Å². The monoisotopic (exact) mass is 284 g/mol. The van der Waals surface area contributed by atoms with E-state index < -0.39 is 5.91 Å². The number of nitrogen functional groups attached to an aromatic ring is 1. The van der Waals surface area contributed by atoms with E-state index in [9.17, 15) is 9.59 Å². The Balaban J connectivity index is 2.68. The molecule has 6 nitrogen and oxygen atoms in total. The third kappa shape index (κ3) is 4.76. The predicted octanol–water partition coefficient (Wildman–Crippen LogP) is 0.880. The fourth-order valence-corrected chi connectivity index (χ4v) is 1.63. The SMILES string of the molecule is CC(C)NC(=O)CNC(=O)c1cc(Cl)ccc1NN. The Bertz CT molecular complexity index is 477. The van der Waals surface area contributed by atoms with Crippen LogP contribution in [0, 0.1) is 0 Å². The molecule has 7 heteroatoms. The first-order valence-electron chi connectivity index (χ1n) is 5.77. The van der Waals surface area contributed by atoms with Crippen LogP contribution in [0.15, 0.2) is 18.2 Å². The summed E-state index contributed by atoms with van der Waals surface area (Å²) in [5, 5.41) is 5.58. The van der Waals surface area contributed by atoms with Crippen LogP contribution in [0.2, 0.25) is 5.02 Å². The maximum atomic E-state index is 11.9. The summed E-state index contributed by atoms with van der Waals surface area (Å²) in [5.41, 5.74) is 3.12. The molecule has 104 valence electrons. The molecular weight excluding hydrogens is 268 g/mol. The van der Waals surface area contributed by atoms with Crippen molar-refractivity contribution in [3.05, 3.63) is 28.8 Å². The van der Waals surface area contributed by atoms with Gasteiger partial charge in [0.15, 0.2) is 0 Å². The van der Waals surface area contributed by atoms with E-state index in [1.54, 1.807) is 12.1 Å². The van der Waals surface area contributed by atoms with Gasteiger partial charge in [-0.1, -0.05) is 11.6 Å². The van der Waals surface area contributed by atoms with Crippen molar-refractivity contribution in [1.29, 1.82) is 0 Å². The van der Waals surface area contributed by atoms with Crippen LogP contribution in [-0.4, -0.2) is 24.4 Å². The average molecular weight is 285 g/mol. The standard InChI is InChI=1S/C12H17ClN4O2/c1-7(2)16-11(18)6-15-12(19)9-5-8(13)3-4-10(9)17-14/h3-5,7,17H,6,14H2,1-2H3,(H,15,19)(H,16,18). The topological polar surface area (TPSA) is 96.2 Å². The van der Waals surface area contributed by atoms with Crippen molar-refractivity contribution in [3.63, 3.8) is 0 Å². The van der Waals surface area contributed by atoms with E-state index in [2.05, 4.69) is 16.1 Å². The van der Waals surface area contributed by atoms with Crippen LogP contribution in [0.5, 0.6) is 0 Å². The van der Waals surface area contributed by atoms with Gasteiger partial charge in [0.1, 0.15) is 0 Å². The average Bonchev–Trinajstić information content (AvgIpc) is 2.35. The van der Waals surface area contributed by atoms with Gasteiger partial charge in [-0.15, -0.1) is 0 Å². The van der Waals surface area contributed by atoms with Crippen molar-refractivity contribution in [2.45, 2.75) is 19.9 Å². The molecule has 0 bridgehead atoms. The lowest BCUT2D eigenvalue weighted by Crippen LogP contribution is -2.40. The highest BCUT2D eigenvalue weighted by molar-refractivity contribution is 6.31. The van der Waals surface area contributed by atoms with E-state index in [0.717, 1.165) is 0 Å². The van der Waals surface area contributed by atoms with E-state index in [1.165, 1.54) is 6.07 Å². The third-order valence-electron chi connectivity index (χ3n) is 2.24. The molecule has 0 saturated carbocycles. The van der Waals surface area contributed by atoms with Gasteiger partial charge in [0.2, 0.25) is 5.91 Å². The minimum absolute atomic E-state index is 0.0249. The lowest BCUT2D eigenvalue weighted by molar-refractivity contribution is -0.120. The number of nitrogens with two attached hydrogens (primary N) is 1. The third-order valence-corrected chi connectivity index (χ3v) is 2.48. The number of carbonyl (C=O) groups is 2. The Morgan fingerprint density at radius 3 is 2.63 bits per heavy atom. The largest absolute Gasteiger partial charge is 0.352 e. The number of hydrogen-bond acceptors (Lipinski definition) is 4. The zero-order valence-corrected chi connectivity index (χ0v) is 11.5. The molecule has 0 fully saturated rings. The lowest BCUT2D eigenvalue weighted by atomic mass is 10.1. The zero-order chi connectivity index (χ0) is 14.4. The highest BCUT2D eigenvalue weighted by Crippen LogP contribution is 2.19. The van der Waals surface area contributed by atoms with E-state index in [4.69, 9.17) is 17.4 Å². The Morgan fingerprint density at radius 1 is 1.37 bits per heavy atom. The van der Waals surface area contributed by atoms with Crippen molar-refractivity contribution in [1.82, 2.24) is 10.6 Å². The maximum absolute atomic E-state index is 11.9. The minimum atomic E-state index is -0.422. The molecule has 1 rings (SSSR count). The second kappa shape index (κ2) is 6.96. The molecule has 0 spiro atoms. The highest BCUT2D eigenvalue weighted by Gasteiger charge is 2.13. The normalized spacial score (nSPS) is 10.2. The van der Waals surface area contributed by atoms with Crippen molar-refractivity contribution in [2.24, 2.45) is 5.84 Å². The molecule has 0 heterocycles. The van der Waals surface area contributed by atoms with Gasteiger partial charge in [-0.25, -0.2) is 0 Å². The number of rotatable bonds is 5. The molecule has 1 aromatic rings. The summed E-state index contributed by atoms with van der Waals surface area (Å²) in [6.07, 6.45) is 0. The number of nitrogens with one attached hydrogen (secondary N) is 3. The maximum Gasteiger partial charge on any atom is 0.253 e. The van der Waals surface area contributed by atoms with Crippen molar-refractivity contribution in [3.8, 4) is 0 Å². The summed E-state index contributed by atoms with van der Waals surface area (Å²) in [6, 6.07) is 4.70. The summed E-state index contributed by atoms with van der Waals surface area (Å²) in [6.45, 7) is 3.58. The molecule has 0 aliphatic heterocycles. The number of benzene rings is 1. The first kappa shape index (κ1) is 15.3. The van der Waals surface area contributed by atoms with Crippen LogP contribution in [-0.2, 0) is 4.79 Å². The van der Waals surface area contributed by atoms with Crippen LogP contribution in [0.1, 0.15) is 24.2 Å². The zero-order valence-electron chi connectivity index (χ0n) is 10.8. The van der Waals surface area contributed by atoms with Gasteiger partial charge in [0.05, 0.1) is 17.8 Å². The van der Waals surface area contributed by atoms with Crippen molar-refractivity contribution >= 4 is 29.1 Å². The quantitative estimate of drug-likeness (QED) is 0.477. The van der Waals surface area contributed by atoms with Crippen LogP contribution in [0.4, 0.5) is 5.69 Å². The Kier molecular flexibility index (Phi) is 5.59. The van der Waals surface area contributed by atoms with Gasteiger partial charge in [-0.05, 0) is 32.0 Å². The summed E-state index contributed by atoms with van der Waals surface area (Å²) in [4.78, 5) is 23.3. The van der Waals surface area contributed by atoms with Gasteiger partial charge >= 0.3 is 0 Å². The van der Waals surface area contributed by atoms with Gasteiger partial charge in [-0.3, -0.25) is 15.4 Å². The number of halogens is 1. The van der Waals surface area contributed by atoms with Crippen molar-refractivity contribution < 1.29 is 9.59 Å². The first-order valence-corrected chi connectivity index (χ1v) is 6.15. The number of carbonyl (C=O) groups excluding carboxylic acids is 2. The molecule has 5 N–H and O–H groups in total. The molecule has 0 aromatic heterocycles. The van der Waals surface area contributed by atoms with Crippen molar-refractivity contribution in [2.75, 3.05) is 12.0 Å². The first-order chi connectivity index (χ1) is 8.93. The second-order valence-electron chi connectivity index (χ2n) is 4.24. The summed E-state index contributed by atoms with van der Waals surface area (Å²) >= 11 is 5.82. The Morgan fingerprint density at radius 2 is 2.05 bits per heavy atom. The van der Waals surface area contributed by atoms with Gasteiger partial charge in [0, 0.05) is 11.1 Å². The smallest absolute Gasteiger partial charge is 0.253 e. The minimum Gasteiger partial charge on any atom is -0.352 e. The molecule has 1 aromatic carbocycles. The number of anilines is 1. The molecule has 0 aliphatic rings. The van der Waals surface area contributed by atoms with E-state index in [-0.39, 0.29) is 24.1 Å². The van der Waals surface area contributed by atoms with Gasteiger partial charge in [0.25, 0.3) is 5.91 Å². The van der Waals surface area contributed by atoms with Crippen LogP contribution in [0.3, 0.4) is 0 Å². The molecular formula is C12H17ClN4O2. The lowest BCUT2D eigenvalue weighted by Gasteiger charge is -2.11. The van der Waals surface area contributed by atoms with Crippen LogP contribution in [0.25, 0.3) is 0 Å². The number of hydrazine groups is 1. The predicted molar refractivity (Wildman–Crippen MR) is 74.9 cm³/mol. The molecule has 0 atom stereocenters. The van der Waals surface area contributed by atoms with E-state index in [0.29, 0.717) is 10.7 Å². The molecule has 0 saturated heterocycles. The molecule has 0 radical (unpaired) electrons. The molecule has 0 aliphatic carbocycles. The number of amides is 2. The van der Waals surface area contributed by atoms with E-state index >= 15 is 0 Å². The summed E-state index contributed by atoms with van der Waals surface area (Å²) < 4.78 is 0. The fraction of sp³-hybridized carbons (Fsp3) is 0.333. The Hall–Kier alpha value is -1.79. The molecule has 0 unspecified atom stereocenters. The highest BCUT2D eigenvalue weighted by atomic mass is 35.5. The fourth-order valence-electron chi connectivity index (χ4n) is 1.46. The summed E-state index contributed by atoms with van der Waals surface area (Å²) in [7, 11) is 0. The van der Waals surface area contributed by atoms with Gasteiger partial charge in [-0.2, -0.15) is 0 Å². The Labute approximate surface area is 116 Å². The molecule has 2 amide bonds. The van der Waals surface area contributed by atoms with Gasteiger partial charge < -0.3 is 16.1 Å². The van der Waals surface area contributed by atoms with Crippen LogP contribution < -0.4 is 21.9 Å².